The zero-order chi connectivity index (χ0) is 20.4. The summed E-state index contributed by atoms with van der Waals surface area (Å²) < 4.78 is 10.4. The molecule has 0 N–H and O–H groups in total. The molecule has 8 heteroatoms. The van der Waals surface area contributed by atoms with Crippen molar-refractivity contribution in [3.63, 3.8) is 0 Å². The molecule has 0 aromatic heterocycles. The van der Waals surface area contributed by atoms with Crippen molar-refractivity contribution >= 4 is 17.9 Å². The Morgan fingerprint density at radius 1 is 1.00 bits per heavy atom. The smallest absolute Gasteiger partial charge is 0.410 e. The van der Waals surface area contributed by atoms with Crippen molar-refractivity contribution in [1.29, 1.82) is 0 Å². The number of carbonyl (C=O) groups excluding carboxylic acids is 3. The van der Waals surface area contributed by atoms with E-state index in [0.717, 1.165) is 24.0 Å². The monoisotopic (exact) mass is 401 g/mol. The van der Waals surface area contributed by atoms with Gasteiger partial charge >= 0.3 is 6.09 Å². The fourth-order valence-corrected chi connectivity index (χ4v) is 4.44. The van der Waals surface area contributed by atoms with Crippen molar-refractivity contribution in [2.45, 2.75) is 31.4 Å². The number of rotatable bonds is 2. The Labute approximate surface area is 170 Å². The molecule has 3 aliphatic rings. The molecule has 2 fully saturated rings. The van der Waals surface area contributed by atoms with Gasteiger partial charge in [0.05, 0.1) is 7.11 Å². The lowest BCUT2D eigenvalue weighted by Gasteiger charge is -2.41. The molecule has 3 heterocycles. The molecular weight excluding hydrogens is 374 g/mol. The maximum atomic E-state index is 13.4. The minimum Gasteiger partial charge on any atom is -0.453 e. The van der Waals surface area contributed by atoms with Crippen molar-refractivity contribution in [2.24, 2.45) is 0 Å². The van der Waals surface area contributed by atoms with Gasteiger partial charge in [0.2, 0.25) is 5.91 Å². The molecule has 156 valence electrons. The van der Waals surface area contributed by atoms with Gasteiger partial charge in [-0.05, 0) is 30.4 Å². The Balaban J connectivity index is 1.47. The van der Waals surface area contributed by atoms with Crippen LogP contribution in [0.15, 0.2) is 24.3 Å². The lowest BCUT2D eigenvalue weighted by molar-refractivity contribution is -0.147. The van der Waals surface area contributed by atoms with Gasteiger partial charge in [0.15, 0.2) is 0 Å². The summed E-state index contributed by atoms with van der Waals surface area (Å²) in [7, 11) is 1.33. The van der Waals surface area contributed by atoms with Crippen molar-refractivity contribution in [1.82, 2.24) is 14.7 Å². The molecule has 8 nitrogen and oxygen atoms in total. The maximum Gasteiger partial charge on any atom is 0.410 e. The molecule has 1 aromatic rings. The first-order valence-corrected chi connectivity index (χ1v) is 10.2. The highest BCUT2D eigenvalue weighted by Gasteiger charge is 2.40. The van der Waals surface area contributed by atoms with Crippen LogP contribution in [0, 0.1) is 0 Å². The largest absolute Gasteiger partial charge is 0.453 e. The van der Waals surface area contributed by atoms with E-state index < -0.39 is 12.1 Å². The molecule has 2 saturated heterocycles. The van der Waals surface area contributed by atoms with Gasteiger partial charge in [-0.1, -0.05) is 24.3 Å². The van der Waals surface area contributed by atoms with Crippen LogP contribution in [0.4, 0.5) is 4.79 Å². The second kappa shape index (κ2) is 8.41. The van der Waals surface area contributed by atoms with Crippen LogP contribution in [-0.4, -0.2) is 85.2 Å². The number of hydrogen-bond acceptors (Lipinski definition) is 5. The van der Waals surface area contributed by atoms with Crippen LogP contribution in [0.5, 0.6) is 0 Å². The number of ether oxygens (including phenoxy) is 2. The van der Waals surface area contributed by atoms with Crippen LogP contribution in [0.25, 0.3) is 0 Å². The molecule has 3 amide bonds. The van der Waals surface area contributed by atoms with E-state index in [-0.39, 0.29) is 17.9 Å². The minimum atomic E-state index is -0.687. The maximum absolute atomic E-state index is 13.4. The highest BCUT2D eigenvalue weighted by molar-refractivity contribution is 5.88. The summed E-state index contributed by atoms with van der Waals surface area (Å²) in [4.78, 5) is 43.4. The highest BCUT2D eigenvalue weighted by Crippen LogP contribution is 2.32. The fraction of sp³-hybridized carbons (Fsp3) is 0.571. The number of hydrogen-bond donors (Lipinski definition) is 0. The van der Waals surface area contributed by atoms with Crippen molar-refractivity contribution in [3.05, 3.63) is 35.4 Å². The third kappa shape index (κ3) is 3.81. The van der Waals surface area contributed by atoms with Crippen LogP contribution in [0.1, 0.15) is 30.0 Å². The molecular formula is C21H27N3O5. The summed E-state index contributed by atoms with van der Waals surface area (Å²) in [5.74, 6) is -0.0967. The molecule has 4 rings (SSSR count). The van der Waals surface area contributed by atoms with Gasteiger partial charge in [-0.2, -0.15) is 0 Å². The van der Waals surface area contributed by atoms with Gasteiger partial charge in [-0.25, -0.2) is 4.79 Å². The number of nitrogens with zero attached hydrogens (tertiary/aromatic N) is 3. The Morgan fingerprint density at radius 3 is 2.34 bits per heavy atom. The first-order valence-electron chi connectivity index (χ1n) is 10.2. The van der Waals surface area contributed by atoms with E-state index in [1.165, 1.54) is 12.0 Å². The van der Waals surface area contributed by atoms with E-state index in [9.17, 15) is 14.4 Å². The zero-order valence-electron chi connectivity index (χ0n) is 16.7. The second-order valence-corrected chi connectivity index (χ2v) is 7.67. The van der Waals surface area contributed by atoms with Crippen molar-refractivity contribution in [2.75, 3.05) is 46.4 Å². The molecule has 2 atom stereocenters. The highest BCUT2D eigenvalue weighted by atomic mass is 16.5. The van der Waals surface area contributed by atoms with Crippen molar-refractivity contribution < 1.29 is 23.9 Å². The predicted molar refractivity (Wildman–Crippen MR) is 104 cm³/mol. The summed E-state index contributed by atoms with van der Waals surface area (Å²) >= 11 is 0. The predicted octanol–water partition coefficient (Wildman–Crippen LogP) is 1.20. The van der Waals surface area contributed by atoms with Crippen LogP contribution in [0.2, 0.25) is 0 Å². The van der Waals surface area contributed by atoms with Crippen LogP contribution < -0.4 is 0 Å². The number of piperazine rings is 1. The third-order valence-electron chi connectivity index (χ3n) is 6.03. The quantitative estimate of drug-likeness (QED) is 0.744. The summed E-state index contributed by atoms with van der Waals surface area (Å²) in [6.07, 6.45) is 1.55. The van der Waals surface area contributed by atoms with E-state index in [1.54, 1.807) is 9.80 Å². The number of amides is 3. The standard InChI is InChI=1S/C21H27N3O5/c1-28-21(27)24-9-8-15-5-2-3-6-16(15)18(24)20(26)23-12-10-22(11-13-23)19(25)17-7-4-14-29-17/h2-3,5-6,17-18H,4,7-14H2,1H3/t17-,18-/m1/s1. The molecule has 0 radical (unpaired) electrons. The first kappa shape index (κ1) is 19.7. The molecule has 0 bridgehead atoms. The molecule has 3 aliphatic heterocycles. The molecule has 0 spiro atoms. The zero-order valence-corrected chi connectivity index (χ0v) is 16.7. The van der Waals surface area contributed by atoms with Gasteiger partial charge in [-0.15, -0.1) is 0 Å². The number of fused-ring (bicyclic) bond motifs is 1. The number of carbonyl (C=O) groups is 3. The first-order chi connectivity index (χ1) is 14.1. The molecule has 1 aromatic carbocycles. The molecule has 0 saturated carbocycles. The lowest BCUT2D eigenvalue weighted by atomic mass is 9.92. The molecule has 29 heavy (non-hydrogen) atoms. The summed E-state index contributed by atoms with van der Waals surface area (Å²) in [6, 6.07) is 7.06. The minimum absolute atomic E-state index is 0.0220. The summed E-state index contributed by atoms with van der Waals surface area (Å²) in [5.41, 5.74) is 1.94. The van der Waals surface area contributed by atoms with E-state index >= 15 is 0 Å². The topological polar surface area (TPSA) is 79.4 Å². The Kier molecular flexibility index (Phi) is 5.71. The molecule has 0 aliphatic carbocycles. The van der Waals surface area contributed by atoms with Gasteiger partial charge in [-0.3, -0.25) is 14.5 Å². The van der Waals surface area contributed by atoms with E-state index in [1.807, 2.05) is 24.3 Å². The normalized spacial score (nSPS) is 24.2. The average molecular weight is 401 g/mol. The average Bonchev–Trinajstić information content (AvgIpc) is 3.32. The SMILES string of the molecule is COC(=O)N1CCc2ccccc2[C@@H]1C(=O)N1CCN(C(=O)[C@H]2CCCO2)CC1. The second-order valence-electron chi connectivity index (χ2n) is 7.67. The van der Waals surface area contributed by atoms with E-state index in [2.05, 4.69) is 0 Å². The lowest BCUT2D eigenvalue weighted by Crippen LogP contribution is -2.56. The Bertz CT molecular complexity index is 784. The van der Waals surface area contributed by atoms with E-state index in [0.29, 0.717) is 45.8 Å². The van der Waals surface area contributed by atoms with Crippen LogP contribution in [-0.2, 0) is 25.5 Å². The van der Waals surface area contributed by atoms with Crippen LogP contribution >= 0.6 is 0 Å². The Morgan fingerprint density at radius 2 is 1.69 bits per heavy atom. The van der Waals surface area contributed by atoms with Crippen molar-refractivity contribution in [3.8, 4) is 0 Å². The summed E-state index contributed by atoms with van der Waals surface area (Å²) in [6.45, 7) is 2.95. The van der Waals surface area contributed by atoms with Gasteiger partial charge in [0.1, 0.15) is 12.1 Å². The van der Waals surface area contributed by atoms with Gasteiger partial charge in [0.25, 0.3) is 5.91 Å². The number of methoxy groups -OCH3 is 1. The van der Waals surface area contributed by atoms with Gasteiger partial charge < -0.3 is 19.3 Å². The molecule has 0 unspecified atom stereocenters. The van der Waals surface area contributed by atoms with Crippen LogP contribution in [0.3, 0.4) is 0 Å². The summed E-state index contributed by atoms with van der Waals surface area (Å²) in [5, 5.41) is 0. The van der Waals surface area contributed by atoms with Gasteiger partial charge in [0, 0.05) is 39.3 Å². The Hall–Kier alpha value is -2.61. The van der Waals surface area contributed by atoms with E-state index in [4.69, 9.17) is 9.47 Å². The third-order valence-corrected chi connectivity index (χ3v) is 6.03. The number of benzene rings is 1. The fourth-order valence-electron chi connectivity index (χ4n) is 4.44.